The van der Waals surface area contributed by atoms with Gasteiger partial charge in [0.25, 0.3) is 17.5 Å². The molecule has 0 aliphatic rings. The standard InChI is InChI=1S/C16H13FN4O4/c17-13-6-3-5-11(8-13)16(23)18-10-15(22)20-19-9-12-4-1-2-7-14(12)21(24)25/h1-9H,10H2,(H,18,23)(H,20,22)/b19-9+. The number of benzene rings is 2. The molecule has 0 spiro atoms. The van der Waals surface area contributed by atoms with Crippen LogP contribution in [0.5, 0.6) is 0 Å². The first-order valence-corrected chi connectivity index (χ1v) is 7.06. The first-order chi connectivity index (χ1) is 12.0. The van der Waals surface area contributed by atoms with E-state index in [0.717, 1.165) is 12.3 Å². The van der Waals surface area contributed by atoms with Gasteiger partial charge in [0, 0.05) is 11.6 Å². The minimum atomic E-state index is -0.639. The van der Waals surface area contributed by atoms with Crippen molar-refractivity contribution in [2.24, 2.45) is 5.10 Å². The number of hydrazone groups is 1. The van der Waals surface area contributed by atoms with E-state index in [4.69, 9.17) is 0 Å². The summed E-state index contributed by atoms with van der Waals surface area (Å²) >= 11 is 0. The molecule has 25 heavy (non-hydrogen) atoms. The first-order valence-electron chi connectivity index (χ1n) is 7.06. The lowest BCUT2D eigenvalue weighted by molar-refractivity contribution is -0.385. The molecule has 0 atom stereocenters. The van der Waals surface area contributed by atoms with Crippen molar-refractivity contribution in [3.05, 3.63) is 75.6 Å². The molecule has 0 unspecified atom stereocenters. The van der Waals surface area contributed by atoms with Crippen LogP contribution in [0, 0.1) is 15.9 Å². The molecular formula is C16H13FN4O4. The fourth-order valence-electron chi connectivity index (χ4n) is 1.87. The minimum absolute atomic E-state index is 0.0798. The lowest BCUT2D eigenvalue weighted by atomic mass is 10.2. The van der Waals surface area contributed by atoms with Crippen molar-refractivity contribution in [1.29, 1.82) is 0 Å². The van der Waals surface area contributed by atoms with Crippen LogP contribution in [0.2, 0.25) is 0 Å². The smallest absolute Gasteiger partial charge is 0.278 e. The van der Waals surface area contributed by atoms with E-state index in [1.54, 1.807) is 6.07 Å². The Kier molecular flexibility index (Phi) is 5.88. The topological polar surface area (TPSA) is 114 Å². The van der Waals surface area contributed by atoms with Crippen LogP contribution in [-0.2, 0) is 4.79 Å². The molecule has 9 heteroatoms. The van der Waals surface area contributed by atoms with Gasteiger partial charge in [-0.15, -0.1) is 0 Å². The summed E-state index contributed by atoms with van der Waals surface area (Å²) in [6.07, 6.45) is 1.13. The highest BCUT2D eigenvalue weighted by atomic mass is 19.1. The van der Waals surface area contributed by atoms with Gasteiger partial charge in [-0.3, -0.25) is 19.7 Å². The number of nitro groups is 1. The van der Waals surface area contributed by atoms with E-state index in [1.807, 2.05) is 0 Å². The number of hydrogen-bond donors (Lipinski definition) is 2. The van der Waals surface area contributed by atoms with Gasteiger partial charge >= 0.3 is 0 Å². The van der Waals surface area contributed by atoms with Gasteiger partial charge in [0.15, 0.2) is 0 Å². The molecule has 0 saturated carbocycles. The summed E-state index contributed by atoms with van der Waals surface area (Å²) < 4.78 is 13.0. The Morgan fingerprint density at radius 3 is 2.68 bits per heavy atom. The molecule has 0 heterocycles. The van der Waals surface area contributed by atoms with Crippen molar-refractivity contribution >= 4 is 23.7 Å². The summed E-state index contributed by atoms with van der Waals surface area (Å²) in [5.74, 6) is -1.82. The molecule has 0 bridgehead atoms. The Bertz CT molecular complexity index is 838. The van der Waals surface area contributed by atoms with Crippen molar-refractivity contribution < 1.29 is 18.9 Å². The van der Waals surface area contributed by atoms with Crippen molar-refractivity contribution in [1.82, 2.24) is 10.7 Å². The number of nitro benzene ring substituents is 1. The zero-order valence-corrected chi connectivity index (χ0v) is 12.8. The highest BCUT2D eigenvalue weighted by Gasteiger charge is 2.11. The normalized spacial score (nSPS) is 10.4. The van der Waals surface area contributed by atoms with E-state index in [2.05, 4.69) is 15.8 Å². The predicted octanol–water partition coefficient (Wildman–Crippen LogP) is 1.61. The van der Waals surface area contributed by atoms with E-state index < -0.39 is 22.6 Å². The molecule has 0 aliphatic heterocycles. The van der Waals surface area contributed by atoms with E-state index in [0.29, 0.717) is 0 Å². The Morgan fingerprint density at radius 2 is 1.96 bits per heavy atom. The SMILES string of the molecule is O=C(CNC(=O)c1cccc(F)c1)N/N=C/c1ccccc1[N+](=O)[O-]. The van der Waals surface area contributed by atoms with Crippen LogP contribution in [0.4, 0.5) is 10.1 Å². The fourth-order valence-corrected chi connectivity index (χ4v) is 1.87. The van der Waals surface area contributed by atoms with Crippen molar-refractivity contribution in [3.63, 3.8) is 0 Å². The zero-order valence-electron chi connectivity index (χ0n) is 12.8. The van der Waals surface area contributed by atoms with Crippen LogP contribution in [0.25, 0.3) is 0 Å². The number of hydrogen-bond acceptors (Lipinski definition) is 5. The molecule has 2 N–H and O–H groups in total. The number of halogens is 1. The molecule has 0 aliphatic carbocycles. The Morgan fingerprint density at radius 1 is 1.20 bits per heavy atom. The van der Waals surface area contributed by atoms with Gasteiger partial charge in [0.1, 0.15) is 5.82 Å². The maximum Gasteiger partial charge on any atom is 0.278 e. The Labute approximate surface area is 141 Å². The summed E-state index contributed by atoms with van der Waals surface area (Å²) in [5, 5.41) is 16.8. The third kappa shape index (κ3) is 5.20. The number of para-hydroxylation sites is 1. The highest BCUT2D eigenvalue weighted by Crippen LogP contribution is 2.14. The van der Waals surface area contributed by atoms with Gasteiger partial charge in [-0.05, 0) is 24.3 Å². The zero-order chi connectivity index (χ0) is 18.2. The van der Waals surface area contributed by atoms with Gasteiger partial charge < -0.3 is 5.32 Å². The molecular weight excluding hydrogens is 331 g/mol. The van der Waals surface area contributed by atoms with Gasteiger partial charge in [-0.25, -0.2) is 9.82 Å². The summed E-state index contributed by atoms with van der Waals surface area (Å²) in [5.41, 5.74) is 2.28. The Balaban J connectivity index is 1.87. The average Bonchev–Trinajstić information content (AvgIpc) is 2.60. The summed E-state index contributed by atoms with van der Waals surface area (Å²) in [7, 11) is 0. The van der Waals surface area contributed by atoms with Crippen LogP contribution < -0.4 is 10.7 Å². The van der Waals surface area contributed by atoms with E-state index in [9.17, 15) is 24.1 Å². The number of nitrogens with one attached hydrogen (secondary N) is 2. The van der Waals surface area contributed by atoms with Gasteiger partial charge in [0.05, 0.1) is 23.2 Å². The molecule has 2 amide bonds. The second-order valence-electron chi connectivity index (χ2n) is 4.80. The summed E-state index contributed by atoms with van der Waals surface area (Å²) in [6, 6.07) is 10.9. The van der Waals surface area contributed by atoms with Crippen LogP contribution in [-0.4, -0.2) is 29.5 Å². The number of rotatable bonds is 6. The van der Waals surface area contributed by atoms with Gasteiger partial charge in [-0.1, -0.05) is 18.2 Å². The summed E-state index contributed by atoms with van der Waals surface area (Å²) in [4.78, 5) is 33.6. The molecule has 2 aromatic carbocycles. The van der Waals surface area contributed by atoms with E-state index in [1.165, 1.54) is 36.4 Å². The van der Waals surface area contributed by atoms with Crippen molar-refractivity contribution in [2.45, 2.75) is 0 Å². The third-order valence-electron chi connectivity index (χ3n) is 3.02. The number of nitrogens with zero attached hydrogens (tertiary/aromatic N) is 2. The van der Waals surface area contributed by atoms with Crippen LogP contribution >= 0.6 is 0 Å². The third-order valence-corrected chi connectivity index (χ3v) is 3.02. The molecule has 0 radical (unpaired) electrons. The number of carbonyl (C=O) groups excluding carboxylic acids is 2. The van der Waals surface area contributed by atoms with Crippen molar-refractivity contribution in [3.8, 4) is 0 Å². The van der Waals surface area contributed by atoms with E-state index in [-0.39, 0.29) is 23.4 Å². The molecule has 0 fully saturated rings. The quantitative estimate of drug-likeness (QED) is 0.471. The molecule has 2 rings (SSSR count). The monoisotopic (exact) mass is 344 g/mol. The fraction of sp³-hybridized carbons (Fsp3) is 0.0625. The molecule has 128 valence electrons. The average molecular weight is 344 g/mol. The van der Waals surface area contributed by atoms with Crippen LogP contribution in [0.3, 0.4) is 0 Å². The number of amides is 2. The highest BCUT2D eigenvalue weighted by molar-refractivity contribution is 5.96. The second kappa shape index (κ2) is 8.29. The van der Waals surface area contributed by atoms with Crippen LogP contribution in [0.15, 0.2) is 53.6 Å². The lowest BCUT2D eigenvalue weighted by Gasteiger charge is -2.04. The van der Waals surface area contributed by atoms with Gasteiger partial charge in [-0.2, -0.15) is 5.10 Å². The maximum absolute atomic E-state index is 13.0. The van der Waals surface area contributed by atoms with Crippen LogP contribution in [0.1, 0.15) is 15.9 Å². The molecule has 2 aromatic rings. The van der Waals surface area contributed by atoms with Crippen molar-refractivity contribution in [2.75, 3.05) is 6.54 Å². The number of carbonyl (C=O) groups is 2. The Hall–Kier alpha value is -3.62. The maximum atomic E-state index is 13.0. The molecule has 0 aromatic heterocycles. The second-order valence-corrected chi connectivity index (χ2v) is 4.80. The van der Waals surface area contributed by atoms with Gasteiger partial charge in [0.2, 0.25) is 0 Å². The summed E-state index contributed by atoms with van der Waals surface area (Å²) in [6.45, 7) is -0.385. The minimum Gasteiger partial charge on any atom is -0.343 e. The lowest BCUT2D eigenvalue weighted by Crippen LogP contribution is -2.34. The predicted molar refractivity (Wildman–Crippen MR) is 87.6 cm³/mol. The molecule has 0 saturated heterocycles. The molecule has 8 nitrogen and oxygen atoms in total. The van der Waals surface area contributed by atoms with E-state index >= 15 is 0 Å². The first kappa shape index (κ1) is 17.7. The largest absolute Gasteiger partial charge is 0.343 e.